The van der Waals surface area contributed by atoms with E-state index in [1.807, 2.05) is 49.4 Å². The normalized spacial score (nSPS) is 11.4. The summed E-state index contributed by atoms with van der Waals surface area (Å²) in [6, 6.07) is 20.3. The van der Waals surface area contributed by atoms with Gasteiger partial charge in [0.1, 0.15) is 10.8 Å². The Hall–Kier alpha value is -3.30. The lowest BCUT2D eigenvalue weighted by Crippen LogP contribution is -2.20. The minimum Gasteiger partial charge on any atom is -0.484 e. The lowest BCUT2D eigenvalue weighted by atomic mass is 10.1. The zero-order chi connectivity index (χ0) is 22.6. The third-order valence-electron chi connectivity index (χ3n) is 4.77. The number of amides is 1. The summed E-state index contributed by atoms with van der Waals surface area (Å²) in [5.41, 5.74) is 0.998. The molecular formula is C23H21N3O4S2. The fourth-order valence-electron chi connectivity index (χ4n) is 3.05. The zero-order valence-electron chi connectivity index (χ0n) is 17.3. The van der Waals surface area contributed by atoms with Crippen molar-refractivity contribution in [2.45, 2.75) is 18.2 Å². The summed E-state index contributed by atoms with van der Waals surface area (Å²) in [7, 11) is -3.41. The van der Waals surface area contributed by atoms with Crippen molar-refractivity contribution in [3.63, 3.8) is 0 Å². The van der Waals surface area contributed by atoms with Gasteiger partial charge in [0.25, 0.3) is 5.91 Å². The number of carbonyl (C=O) groups is 1. The SMILES string of the molecule is Cc1ccc(S(=O)(=O)CCc2nnc(NC(=O)COc3ccc4ccccc4c3)s2)cc1. The molecule has 32 heavy (non-hydrogen) atoms. The largest absolute Gasteiger partial charge is 0.484 e. The minimum absolute atomic E-state index is 0.0796. The molecule has 7 nitrogen and oxygen atoms in total. The molecule has 0 fully saturated rings. The highest BCUT2D eigenvalue weighted by molar-refractivity contribution is 7.91. The van der Waals surface area contributed by atoms with Gasteiger partial charge >= 0.3 is 0 Å². The molecule has 0 saturated carbocycles. The molecule has 1 N–H and O–H groups in total. The molecule has 164 valence electrons. The third-order valence-corrected chi connectivity index (χ3v) is 7.40. The minimum atomic E-state index is -3.41. The fourth-order valence-corrected chi connectivity index (χ4v) is 5.18. The van der Waals surface area contributed by atoms with E-state index in [-0.39, 0.29) is 29.6 Å². The van der Waals surface area contributed by atoms with E-state index in [0.29, 0.717) is 15.9 Å². The highest BCUT2D eigenvalue weighted by Crippen LogP contribution is 2.21. The van der Waals surface area contributed by atoms with Crippen LogP contribution in [0.25, 0.3) is 10.8 Å². The summed E-state index contributed by atoms with van der Waals surface area (Å²) in [6.07, 6.45) is 0.220. The maximum atomic E-state index is 12.5. The van der Waals surface area contributed by atoms with Gasteiger partial charge in [-0.2, -0.15) is 0 Å². The molecule has 0 saturated heterocycles. The number of benzene rings is 3. The van der Waals surface area contributed by atoms with Crippen molar-refractivity contribution in [2.75, 3.05) is 17.7 Å². The Balaban J connectivity index is 1.29. The fraction of sp³-hybridized carbons (Fsp3) is 0.174. The Morgan fingerprint density at radius 1 is 1.00 bits per heavy atom. The second kappa shape index (κ2) is 9.46. The van der Waals surface area contributed by atoms with Gasteiger partial charge in [-0.25, -0.2) is 8.42 Å². The Morgan fingerprint density at radius 3 is 2.53 bits per heavy atom. The molecule has 0 aliphatic heterocycles. The average molecular weight is 468 g/mol. The van der Waals surface area contributed by atoms with Crippen molar-refractivity contribution in [3.05, 3.63) is 77.3 Å². The molecule has 4 aromatic rings. The van der Waals surface area contributed by atoms with Crippen LogP contribution in [-0.4, -0.2) is 36.9 Å². The number of nitrogens with zero attached hydrogens (tertiary/aromatic N) is 2. The van der Waals surface area contributed by atoms with Crippen LogP contribution in [0.2, 0.25) is 0 Å². The molecule has 3 aromatic carbocycles. The van der Waals surface area contributed by atoms with Gasteiger partial charge < -0.3 is 4.74 Å². The van der Waals surface area contributed by atoms with Crippen LogP contribution in [0.4, 0.5) is 5.13 Å². The summed E-state index contributed by atoms with van der Waals surface area (Å²) < 4.78 is 30.5. The first-order valence-electron chi connectivity index (χ1n) is 9.92. The molecule has 0 unspecified atom stereocenters. The molecule has 0 spiro atoms. The van der Waals surface area contributed by atoms with Gasteiger partial charge in [-0.15, -0.1) is 10.2 Å². The van der Waals surface area contributed by atoms with Crippen LogP contribution in [0.1, 0.15) is 10.6 Å². The topological polar surface area (TPSA) is 98.3 Å². The number of ether oxygens (including phenoxy) is 1. The van der Waals surface area contributed by atoms with Gasteiger partial charge in [0.2, 0.25) is 5.13 Å². The van der Waals surface area contributed by atoms with Crippen LogP contribution in [0, 0.1) is 6.92 Å². The van der Waals surface area contributed by atoms with Crippen LogP contribution in [0.5, 0.6) is 5.75 Å². The lowest BCUT2D eigenvalue weighted by Gasteiger charge is -2.06. The Labute approximate surface area is 190 Å². The predicted molar refractivity (Wildman–Crippen MR) is 125 cm³/mol. The van der Waals surface area contributed by atoms with E-state index in [4.69, 9.17) is 4.74 Å². The van der Waals surface area contributed by atoms with E-state index in [1.54, 1.807) is 24.3 Å². The summed E-state index contributed by atoms with van der Waals surface area (Å²) >= 11 is 1.15. The van der Waals surface area contributed by atoms with E-state index in [9.17, 15) is 13.2 Å². The third kappa shape index (κ3) is 5.49. The molecule has 9 heteroatoms. The number of hydrogen-bond donors (Lipinski definition) is 1. The van der Waals surface area contributed by atoms with Crippen LogP contribution in [-0.2, 0) is 21.1 Å². The number of carbonyl (C=O) groups excluding carboxylic acids is 1. The number of anilines is 1. The quantitative estimate of drug-likeness (QED) is 0.420. The Bertz CT molecular complexity index is 1350. The van der Waals surface area contributed by atoms with E-state index >= 15 is 0 Å². The van der Waals surface area contributed by atoms with E-state index in [1.165, 1.54) is 0 Å². The number of nitrogens with one attached hydrogen (secondary N) is 1. The predicted octanol–water partition coefficient (Wildman–Crippen LogP) is 4.03. The highest BCUT2D eigenvalue weighted by atomic mass is 32.2. The van der Waals surface area contributed by atoms with Gasteiger partial charge in [0.05, 0.1) is 10.6 Å². The second-order valence-corrected chi connectivity index (χ2v) is 10.4. The molecule has 0 radical (unpaired) electrons. The van der Waals surface area contributed by atoms with Crippen molar-refractivity contribution >= 4 is 43.0 Å². The number of rotatable bonds is 8. The zero-order valence-corrected chi connectivity index (χ0v) is 18.9. The van der Waals surface area contributed by atoms with E-state index in [0.717, 1.165) is 27.7 Å². The maximum absolute atomic E-state index is 12.5. The van der Waals surface area contributed by atoms with Gasteiger partial charge in [0.15, 0.2) is 16.4 Å². The van der Waals surface area contributed by atoms with Gasteiger partial charge in [0, 0.05) is 6.42 Å². The van der Waals surface area contributed by atoms with Crippen LogP contribution < -0.4 is 10.1 Å². The van der Waals surface area contributed by atoms with Gasteiger partial charge in [-0.1, -0.05) is 59.4 Å². The number of aryl methyl sites for hydroxylation is 2. The standard InChI is InChI=1S/C23H21N3O4S2/c1-16-6-10-20(11-7-16)32(28,29)13-12-22-25-26-23(31-22)24-21(27)15-30-19-9-8-17-4-2-3-5-18(17)14-19/h2-11,14H,12-13,15H2,1H3,(H,24,26,27). The molecule has 1 amide bonds. The number of hydrogen-bond acceptors (Lipinski definition) is 7. The van der Waals surface area contributed by atoms with Gasteiger partial charge in [-0.05, 0) is 42.0 Å². The van der Waals surface area contributed by atoms with E-state index < -0.39 is 9.84 Å². The highest BCUT2D eigenvalue weighted by Gasteiger charge is 2.16. The molecule has 1 aromatic heterocycles. The first-order valence-corrected chi connectivity index (χ1v) is 12.4. The summed E-state index contributed by atoms with van der Waals surface area (Å²) in [5.74, 6) is 0.148. The van der Waals surface area contributed by atoms with Crippen LogP contribution in [0.15, 0.2) is 71.6 Å². The van der Waals surface area contributed by atoms with Crippen LogP contribution in [0.3, 0.4) is 0 Å². The summed E-state index contributed by atoms with van der Waals surface area (Å²) in [4.78, 5) is 12.5. The molecule has 0 aliphatic carbocycles. The maximum Gasteiger partial charge on any atom is 0.264 e. The molecule has 4 rings (SSSR count). The summed E-state index contributed by atoms with van der Waals surface area (Å²) in [5, 5.41) is 13.5. The monoisotopic (exact) mass is 467 g/mol. The lowest BCUT2D eigenvalue weighted by molar-refractivity contribution is -0.118. The molecular weight excluding hydrogens is 446 g/mol. The molecule has 0 aliphatic rings. The first kappa shape index (κ1) is 21.9. The molecule has 1 heterocycles. The van der Waals surface area contributed by atoms with Crippen LogP contribution >= 0.6 is 11.3 Å². The van der Waals surface area contributed by atoms with Crippen molar-refractivity contribution in [2.24, 2.45) is 0 Å². The first-order chi connectivity index (χ1) is 15.4. The second-order valence-electron chi connectivity index (χ2n) is 7.23. The van der Waals surface area contributed by atoms with Crippen molar-refractivity contribution in [1.82, 2.24) is 10.2 Å². The number of sulfone groups is 1. The Morgan fingerprint density at radius 2 is 1.75 bits per heavy atom. The van der Waals surface area contributed by atoms with Gasteiger partial charge in [-0.3, -0.25) is 10.1 Å². The number of aromatic nitrogens is 2. The van der Waals surface area contributed by atoms with E-state index in [2.05, 4.69) is 15.5 Å². The smallest absolute Gasteiger partial charge is 0.264 e. The van der Waals surface area contributed by atoms with Crippen molar-refractivity contribution in [1.29, 1.82) is 0 Å². The summed E-state index contributed by atoms with van der Waals surface area (Å²) in [6.45, 7) is 1.73. The Kier molecular flexibility index (Phi) is 6.48. The average Bonchev–Trinajstić information content (AvgIpc) is 3.24. The molecule has 0 bridgehead atoms. The van der Waals surface area contributed by atoms with Crippen molar-refractivity contribution in [3.8, 4) is 5.75 Å². The number of fused-ring (bicyclic) bond motifs is 1. The molecule has 0 atom stereocenters. The van der Waals surface area contributed by atoms with Crippen molar-refractivity contribution < 1.29 is 17.9 Å².